The third kappa shape index (κ3) is 4.87. The van der Waals surface area contributed by atoms with Crippen molar-refractivity contribution >= 4 is 0 Å². The third-order valence-electron chi connectivity index (χ3n) is 3.51. The topological polar surface area (TPSA) is 32.3 Å². The van der Waals surface area contributed by atoms with E-state index in [0.29, 0.717) is 6.04 Å². The van der Waals surface area contributed by atoms with Crippen molar-refractivity contribution in [3.63, 3.8) is 0 Å². The highest BCUT2D eigenvalue weighted by Crippen LogP contribution is 2.23. The molecular weight excluding hydrogens is 265 g/mol. The van der Waals surface area contributed by atoms with Crippen molar-refractivity contribution in [1.29, 1.82) is 0 Å². The summed E-state index contributed by atoms with van der Waals surface area (Å²) in [5.41, 5.74) is 2.18. The van der Waals surface area contributed by atoms with E-state index in [4.69, 9.17) is 0 Å². The normalized spacial score (nSPS) is 12.6. The summed E-state index contributed by atoms with van der Waals surface area (Å²) in [6.45, 7) is 5.03. The van der Waals surface area contributed by atoms with E-state index in [-0.39, 0.29) is 17.5 Å². The van der Waals surface area contributed by atoms with Gasteiger partial charge in [-0.3, -0.25) is 0 Å². The largest absolute Gasteiger partial charge is 0.508 e. The van der Waals surface area contributed by atoms with Gasteiger partial charge >= 0.3 is 0 Å². The standard InChI is InChI=1S/C18H22FNO/c1-13(2)20-12-16(15-6-8-17(19)9-7-15)10-14-4-3-5-18(21)11-14/h3-9,11,13,16,20-21H,10,12H2,1-2H3. The number of aromatic hydroxyl groups is 1. The van der Waals surface area contributed by atoms with Gasteiger partial charge in [0.05, 0.1) is 0 Å². The first kappa shape index (κ1) is 15.5. The Morgan fingerprint density at radius 3 is 2.43 bits per heavy atom. The van der Waals surface area contributed by atoms with Crippen molar-refractivity contribution in [3.05, 3.63) is 65.5 Å². The summed E-state index contributed by atoms with van der Waals surface area (Å²) in [6, 6.07) is 14.4. The molecule has 2 aromatic rings. The van der Waals surface area contributed by atoms with Crippen molar-refractivity contribution in [2.45, 2.75) is 32.2 Å². The van der Waals surface area contributed by atoms with Crippen LogP contribution in [0.4, 0.5) is 4.39 Å². The van der Waals surface area contributed by atoms with Crippen LogP contribution in [0.5, 0.6) is 5.75 Å². The summed E-state index contributed by atoms with van der Waals surface area (Å²) in [5, 5.41) is 13.0. The second-order valence-electron chi connectivity index (χ2n) is 5.69. The Hall–Kier alpha value is -1.87. The SMILES string of the molecule is CC(C)NCC(Cc1cccc(O)c1)c1ccc(F)cc1. The van der Waals surface area contributed by atoms with Crippen molar-refractivity contribution < 1.29 is 9.50 Å². The van der Waals surface area contributed by atoms with Crippen LogP contribution in [0.15, 0.2) is 48.5 Å². The first-order valence-electron chi connectivity index (χ1n) is 7.31. The molecule has 21 heavy (non-hydrogen) atoms. The van der Waals surface area contributed by atoms with E-state index in [1.807, 2.05) is 24.3 Å². The highest BCUT2D eigenvalue weighted by atomic mass is 19.1. The first-order chi connectivity index (χ1) is 10.0. The van der Waals surface area contributed by atoms with Crippen LogP contribution >= 0.6 is 0 Å². The molecule has 1 atom stereocenters. The summed E-state index contributed by atoms with van der Waals surface area (Å²) in [5.74, 6) is 0.309. The fraction of sp³-hybridized carbons (Fsp3) is 0.333. The van der Waals surface area contributed by atoms with E-state index in [0.717, 1.165) is 24.1 Å². The summed E-state index contributed by atoms with van der Waals surface area (Å²) in [7, 11) is 0. The van der Waals surface area contributed by atoms with Gasteiger partial charge in [-0.15, -0.1) is 0 Å². The van der Waals surface area contributed by atoms with Crippen LogP contribution in [0.1, 0.15) is 30.9 Å². The van der Waals surface area contributed by atoms with E-state index in [1.165, 1.54) is 12.1 Å². The summed E-state index contributed by atoms with van der Waals surface area (Å²) < 4.78 is 13.1. The molecule has 0 fully saturated rings. The van der Waals surface area contributed by atoms with Gasteiger partial charge in [-0.1, -0.05) is 38.1 Å². The van der Waals surface area contributed by atoms with Crippen LogP contribution in [0.3, 0.4) is 0 Å². The highest BCUT2D eigenvalue weighted by Gasteiger charge is 2.13. The number of hydrogen-bond donors (Lipinski definition) is 2. The Kier molecular flexibility index (Phi) is 5.34. The molecule has 0 aliphatic carbocycles. The van der Waals surface area contributed by atoms with Gasteiger partial charge in [-0.05, 0) is 41.8 Å². The van der Waals surface area contributed by atoms with Gasteiger partial charge < -0.3 is 10.4 Å². The van der Waals surface area contributed by atoms with Gasteiger partial charge in [0, 0.05) is 18.5 Å². The van der Waals surface area contributed by atoms with Gasteiger partial charge in [0.25, 0.3) is 0 Å². The van der Waals surface area contributed by atoms with Crippen molar-refractivity contribution in [3.8, 4) is 5.75 Å². The number of rotatable bonds is 6. The quantitative estimate of drug-likeness (QED) is 0.845. The summed E-state index contributed by atoms with van der Waals surface area (Å²) >= 11 is 0. The van der Waals surface area contributed by atoms with Gasteiger partial charge in [0.15, 0.2) is 0 Å². The molecule has 2 nitrogen and oxygen atoms in total. The maximum Gasteiger partial charge on any atom is 0.123 e. The molecule has 2 rings (SSSR count). The number of benzene rings is 2. The maximum absolute atomic E-state index is 13.1. The molecule has 0 saturated carbocycles. The number of phenolic OH excluding ortho intramolecular Hbond substituents is 1. The molecule has 0 saturated heterocycles. The number of phenols is 1. The van der Waals surface area contributed by atoms with Crippen LogP contribution in [-0.2, 0) is 6.42 Å². The molecular formula is C18H22FNO. The molecule has 0 aliphatic rings. The molecule has 2 aromatic carbocycles. The Balaban J connectivity index is 2.17. The van der Waals surface area contributed by atoms with E-state index in [9.17, 15) is 9.50 Å². The van der Waals surface area contributed by atoms with E-state index in [2.05, 4.69) is 19.2 Å². The predicted molar refractivity (Wildman–Crippen MR) is 84.1 cm³/mol. The molecule has 112 valence electrons. The fourth-order valence-electron chi connectivity index (χ4n) is 2.39. The van der Waals surface area contributed by atoms with Crippen molar-refractivity contribution in [2.24, 2.45) is 0 Å². The lowest BCUT2D eigenvalue weighted by molar-refractivity contribution is 0.473. The van der Waals surface area contributed by atoms with Crippen molar-refractivity contribution in [2.75, 3.05) is 6.54 Å². The Labute approximate surface area is 125 Å². The number of halogens is 1. The minimum atomic E-state index is -0.216. The minimum Gasteiger partial charge on any atom is -0.508 e. The average Bonchev–Trinajstić information content (AvgIpc) is 2.44. The monoisotopic (exact) mass is 287 g/mol. The molecule has 1 unspecified atom stereocenters. The van der Waals surface area contributed by atoms with Crippen LogP contribution in [0.25, 0.3) is 0 Å². The van der Waals surface area contributed by atoms with Crippen LogP contribution in [0, 0.1) is 5.82 Å². The van der Waals surface area contributed by atoms with Crippen LogP contribution in [-0.4, -0.2) is 17.7 Å². The Morgan fingerprint density at radius 1 is 1.10 bits per heavy atom. The molecule has 0 aromatic heterocycles. The first-order valence-corrected chi connectivity index (χ1v) is 7.31. The van der Waals surface area contributed by atoms with Gasteiger partial charge in [-0.2, -0.15) is 0 Å². The molecule has 0 spiro atoms. The Morgan fingerprint density at radius 2 is 1.81 bits per heavy atom. The third-order valence-corrected chi connectivity index (χ3v) is 3.51. The lowest BCUT2D eigenvalue weighted by Crippen LogP contribution is -2.29. The molecule has 2 N–H and O–H groups in total. The zero-order valence-corrected chi connectivity index (χ0v) is 12.5. The highest BCUT2D eigenvalue weighted by molar-refractivity contribution is 5.30. The molecule has 0 radical (unpaired) electrons. The summed E-state index contributed by atoms with van der Waals surface area (Å²) in [6.07, 6.45) is 0.805. The average molecular weight is 287 g/mol. The zero-order valence-electron chi connectivity index (χ0n) is 12.5. The van der Waals surface area contributed by atoms with Crippen LogP contribution < -0.4 is 5.32 Å². The summed E-state index contributed by atoms with van der Waals surface area (Å²) in [4.78, 5) is 0. The lowest BCUT2D eigenvalue weighted by Gasteiger charge is -2.20. The maximum atomic E-state index is 13.1. The lowest BCUT2D eigenvalue weighted by atomic mass is 9.91. The number of nitrogens with one attached hydrogen (secondary N) is 1. The molecule has 0 amide bonds. The van der Waals surface area contributed by atoms with E-state index in [1.54, 1.807) is 12.1 Å². The Bertz CT molecular complexity index is 566. The molecule has 0 aliphatic heterocycles. The molecule has 0 heterocycles. The second kappa shape index (κ2) is 7.23. The van der Waals surface area contributed by atoms with Crippen LogP contribution in [0.2, 0.25) is 0 Å². The van der Waals surface area contributed by atoms with E-state index >= 15 is 0 Å². The number of hydrogen-bond acceptors (Lipinski definition) is 2. The fourth-order valence-corrected chi connectivity index (χ4v) is 2.39. The second-order valence-corrected chi connectivity index (χ2v) is 5.69. The smallest absolute Gasteiger partial charge is 0.123 e. The van der Waals surface area contributed by atoms with Gasteiger partial charge in [0.2, 0.25) is 0 Å². The van der Waals surface area contributed by atoms with E-state index < -0.39 is 0 Å². The zero-order chi connectivity index (χ0) is 15.2. The minimum absolute atomic E-state index is 0.216. The van der Waals surface area contributed by atoms with Gasteiger partial charge in [0.1, 0.15) is 11.6 Å². The van der Waals surface area contributed by atoms with Gasteiger partial charge in [-0.25, -0.2) is 4.39 Å². The van der Waals surface area contributed by atoms with Crippen molar-refractivity contribution in [1.82, 2.24) is 5.32 Å². The molecule has 0 bridgehead atoms. The predicted octanol–water partition coefficient (Wildman–Crippen LogP) is 3.86. The molecule has 3 heteroatoms.